The van der Waals surface area contributed by atoms with E-state index < -0.39 is 0 Å². The number of carbonyl (C=O) groups is 2. The van der Waals surface area contributed by atoms with Crippen LogP contribution >= 0.6 is 0 Å². The fourth-order valence-electron chi connectivity index (χ4n) is 3.45. The van der Waals surface area contributed by atoms with Crippen LogP contribution in [0.3, 0.4) is 0 Å². The van der Waals surface area contributed by atoms with E-state index in [-0.39, 0.29) is 11.8 Å². The number of hydrogen-bond acceptors (Lipinski definition) is 4. The molecule has 0 aliphatic carbocycles. The Labute approximate surface area is 158 Å². The van der Waals surface area contributed by atoms with E-state index >= 15 is 0 Å². The molecule has 2 aromatic rings. The lowest BCUT2D eigenvalue weighted by molar-refractivity contribution is 0.0718. The first-order chi connectivity index (χ1) is 13.2. The fourth-order valence-corrected chi connectivity index (χ4v) is 3.45. The first-order valence-corrected chi connectivity index (χ1v) is 9.25. The molecule has 2 heterocycles. The van der Waals surface area contributed by atoms with Crippen LogP contribution in [0.15, 0.2) is 48.5 Å². The Hall–Kier alpha value is -3.02. The highest BCUT2D eigenvalue weighted by atomic mass is 16.6. The van der Waals surface area contributed by atoms with Crippen LogP contribution in [0, 0.1) is 0 Å². The predicted molar refractivity (Wildman–Crippen MR) is 100 cm³/mol. The Morgan fingerprint density at radius 1 is 0.704 bits per heavy atom. The van der Waals surface area contributed by atoms with E-state index in [2.05, 4.69) is 0 Å². The maximum absolute atomic E-state index is 12.9. The number of rotatable bonds is 2. The van der Waals surface area contributed by atoms with Crippen molar-refractivity contribution in [2.45, 2.75) is 6.42 Å². The normalized spacial score (nSPS) is 16.6. The predicted octanol–water partition coefficient (Wildman–Crippen LogP) is 2.45. The summed E-state index contributed by atoms with van der Waals surface area (Å²) in [5, 5.41) is 0. The summed E-state index contributed by atoms with van der Waals surface area (Å²) in [5.41, 5.74) is 1.27. The summed E-state index contributed by atoms with van der Waals surface area (Å²) in [6, 6.07) is 14.6. The topological polar surface area (TPSA) is 59.1 Å². The van der Waals surface area contributed by atoms with Gasteiger partial charge in [0.1, 0.15) is 13.2 Å². The van der Waals surface area contributed by atoms with Crippen LogP contribution in [0.25, 0.3) is 0 Å². The molecular weight excluding hydrogens is 344 g/mol. The summed E-state index contributed by atoms with van der Waals surface area (Å²) in [4.78, 5) is 29.2. The first-order valence-electron chi connectivity index (χ1n) is 9.25. The van der Waals surface area contributed by atoms with Gasteiger partial charge in [-0.2, -0.15) is 0 Å². The monoisotopic (exact) mass is 366 g/mol. The molecule has 27 heavy (non-hydrogen) atoms. The summed E-state index contributed by atoms with van der Waals surface area (Å²) >= 11 is 0. The summed E-state index contributed by atoms with van der Waals surface area (Å²) in [5.74, 6) is 1.27. The molecule has 0 N–H and O–H groups in total. The second kappa shape index (κ2) is 7.70. The van der Waals surface area contributed by atoms with Crippen molar-refractivity contribution in [1.82, 2.24) is 9.80 Å². The maximum Gasteiger partial charge on any atom is 0.254 e. The van der Waals surface area contributed by atoms with Gasteiger partial charge in [-0.15, -0.1) is 0 Å². The van der Waals surface area contributed by atoms with Gasteiger partial charge in [-0.1, -0.05) is 18.2 Å². The Morgan fingerprint density at radius 2 is 1.33 bits per heavy atom. The molecule has 2 aliphatic heterocycles. The number of benzene rings is 2. The molecule has 0 radical (unpaired) electrons. The zero-order valence-electron chi connectivity index (χ0n) is 15.1. The third-order valence-electron chi connectivity index (χ3n) is 4.88. The van der Waals surface area contributed by atoms with Gasteiger partial charge in [0.15, 0.2) is 11.5 Å². The van der Waals surface area contributed by atoms with E-state index in [0.717, 1.165) is 6.42 Å². The average molecular weight is 366 g/mol. The van der Waals surface area contributed by atoms with Gasteiger partial charge in [0.25, 0.3) is 11.8 Å². The molecule has 0 saturated carbocycles. The maximum atomic E-state index is 12.9. The molecule has 4 rings (SSSR count). The van der Waals surface area contributed by atoms with Crippen molar-refractivity contribution < 1.29 is 19.1 Å². The molecule has 6 nitrogen and oxygen atoms in total. The lowest BCUT2D eigenvalue weighted by Crippen LogP contribution is -2.37. The van der Waals surface area contributed by atoms with E-state index in [9.17, 15) is 9.59 Å². The molecule has 6 heteroatoms. The van der Waals surface area contributed by atoms with E-state index in [4.69, 9.17) is 9.47 Å². The standard InChI is InChI=1S/C21H22N2O4/c24-20(16-5-2-1-3-6-16)22-9-4-10-23(12-11-22)21(25)17-7-8-18-19(15-17)27-14-13-26-18/h1-3,5-8,15H,4,9-14H2. The highest BCUT2D eigenvalue weighted by Crippen LogP contribution is 2.31. The van der Waals surface area contributed by atoms with Crippen molar-refractivity contribution in [3.8, 4) is 11.5 Å². The van der Waals surface area contributed by atoms with Crippen molar-refractivity contribution >= 4 is 11.8 Å². The zero-order chi connectivity index (χ0) is 18.6. The number of hydrogen-bond donors (Lipinski definition) is 0. The second-order valence-electron chi connectivity index (χ2n) is 6.66. The van der Waals surface area contributed by atoms with Crippen LogP contribution in [-0.2, 0) is 0 Å². The van der Waals surface area contributed by atoms with Gasteiger partial charge >= 0.3 is 0 Å². The summed E-state index contributed by atoms with van der Waals surface area (Å²) < 4.78 is 11.1. The third-order valence-corrected chi connectivity index (χ3v) is 4.88. The summed E-state index contributed by atoms with van der Waals surface area (Å²) in [6.45, 7) is 3.35. The number of nitrogens with zero attached hydrogens (tertiary/aromatic N) is 2. The molecule has 0 spiro atoms. The second-order valence-corrected chi connectivity index (χ2v) is 6.66. The molecule has 2 aliphatic rings. The number of amides is 2. The van der Waals surface area contributed by atoms with Crippen LogP contribution in [0.5, 0.6) is 11.5 Å². The van der Waals surface area contributed by atoms with Crippen molar-refractivity contribution in [1.29, 1.82) is 0 Å². The van der Waals surface area contributed by atoms with Gasteiger partial charge in [-0.25, -0.2) is 0 Å². The molecule has 2 aromatic carbocycles. The van der Waals surface area contributed by atoms with Gasteiger partial charge in [-0.3, -0.25) is 9.59 Å². The van der Waals surface area contributed by atoms with Gasteiger partial charge in [0.05, 0.1) is 0 Å². The molecule has 2 amide bonds. The van der Waals surface area contributed by atoms with Gasteiger partial charge in [0, 0.05) is 37.3 Å². The Balaban J connectivity index is 1.43. The molecule has 0 unspecified atom stereocenters. The third kappa shape index (κ3) is 3.74. The summed E-state index contributed by atoms with van der Waals surface area (Å²) in [6.07, 6.45) is 0.759. The van der Waals surface area contributed by atoms with E-state index in [1.807, 2.05) is 40.1 Å². The number of carbonyl (C=O) groups excluding carboxylic acids is 2. The zero-order valence-corrected chi connectivity index (χ0v) is 15.1. The minimum atomic E-state index is -0.0408. The Morgan fingerprint density at radius 3 is 2.04 bits per heavy atom. The van der Waals surface area contributed by atoms with Gasteiger partial charge in [0.2, 0.25) is 0 Å². The van der Waals surface area contributed by atoms with Crippen LogP contribution in [0.1, 0.15) is 27.1 Å². The quantitative estimate of drug-likeness (QED) is 0.819. The molecule has 1 saturated heterocycles. The Bertz CT molecular complexity index is 837. The van der Waals surface area contributed by atoms with Crippen LogP contribution in [-0.4, -0.2) is 61.0 Å². The Kier molecular flexibility index (Phi) is 4.96. The van der Waals surface area contributed by atoms with Crippen molar-refractivity contribution in [2.24, 2.45) is 0 Å². The van der Waals surface area contributed by atoms with Gasteiger partial charge in [-0.05, 0) is 36.8 Å². The first kappa shape index (κ1) is 17.4. The minimum absolute atomic E-state index is 0.0178. The molecular formula is C21H22N2O4. The van der Waals surface area contributed by atoms with E-state index in [1.165, 1.54) is 0 Å². The van der Waals surface area contributed by atoms with Crippen LogP contribution in [0.2, 0.25) is 0 Å². The van der Waals surface area contributed by atoms with Gasteiger partial charge < -0.3 is 19.3 Å². The highest BCUT2D eigenvalue weighted by molar-refractivity contribution is 5.96. The molecule has 0 bridgehead atoms. The minimum Gasteiger partial charge on any atom is -0.486 e. The SMILES string of the molecule is O=C(c1ccccc1)N1CCCN(C(=O)c2ccc3c(c2)OCCO3)CC1. The van der Waals surface area contributed by atoms with Crippen molar-refractivity contribution in [3.05, 3.63) is 59.7 Å². The molecule has 140 valence electrons. The summed E-state index contributed by atoms with van der Waals surface area (Å²) in [7, 11) is 0. The highest BCUT2D eigenvalue weighted by Gasteiger charge is 2.24. The average Bonchev–Trinajstić information content (AvgIpc) is 2.99. The number of fused-ring (bicyclic) bond motifs is 1. The van der Waals surface area contributed by atoms with Crippen molar-refractivity contribution in [3.63, 3.8) is 0 Å². The number of ether oxygens (including phenoxy) is 2. The van der Waals surface area contributed by atoms with E-state index in [1.54, 1.807) is 18.2 Å². The van der Waals surface area contributed by atoms with Crippen molar-refractivity contribution in [2.75, 3.05) is 39.4 Å². The fraction of sp³-hybridized carbons (Fsp3) is 0.333. The lowest BCUT2D eigenvalue weighted by Gasteiger charge is -2.23. The van der Waals surface area contributed by atoms with Crippen LogP contribution in [0.4, 0.5) is 0 Å². The van der Waals surface area contributed by atoms with Crippen LogP contribution < -0.4 is 9.47 Å². The van der Waals surface area contributed by atoms with E-state index in [0.29, 0.717) is 62.0 Å². The molecule has 0 aromatic heterocycles. The smallest absolute Gasteiger partial charge is 0.254 e. The molecule has 0 atom stereocenters. The lowest BCUT2D eigenvalue weighted by atomic mass is 10.1. The largest absolute Gasteiger partial charge is 0.486 e. The molecule has 1 fully saturated rings.